The van der Waals surface area contributed by atoms with Crippen LogP contribution in [0.25, 0.3) is 0 Å². The summed E-state index contributed by atoms with van der Waals surface area (Å²) in [5.74, 6) is -1.55. The summed E-state index contributed by atoms with van der Waals surface area (Å²) in [6, 6.07) is 9.20. The van der Waals surface area contributed by atoms with Gasteiger partial charge in [0, 0.05) is 5.69 Å². The SMILES string of the molecule is Cc1cc(C)c(C(=O)O)cc1NC(=O)C1(c2ccc(F)cc2)CC1. The van der Waals surface area contributed by atoms with Gasteiger partial charge in [-0.15, -0.1) is 0 Å². The Labute approximate surface area is 139 Å². The summed E-state index contributed by atoms with van der Waals surface area (Å²) < 4.78 is 13.1. The number of benzene rings is 2. The third kappa shape index (κ3) is 2.77. The van der Waals surface area contributed by atoms with Crippen LogP contribution in [0.3, 0.4) is 0 Å². The van der Waals surface area contributed by atoms with Crippen LogP contribution in [-0.4, -0.2) is 17.0 Å². The van der Waals surface area contributed by atoms with Crippen LogP contribution in [-0.2, 0) is 10.2 Å². The van der Waals surface area contributed by atoms with Crippen molar-refractivity contribution in [1.29, 1.82) is 0 Å². The smallest absolute Gasteiger partial charge is 0.336 e. The number of hydrogen-bond donors (Lipinski definition) is 2. The normalized spacial score (nSPS) is 15.0. The highest BCUT2D eigenvalue weighted by Gasteiger charge is 2.51. The van der Waals surface area contributed by atoms with Gasteiger partial charge in [-0.05, 0) is 61.6 Å². The average Bonchev–Trinajstić information content (AvgIpc) is 3.32. The van der Waals surface area contributed by atoms with Crippen molar-refractivity contribution in [3.05, 3.63) is 64.5 Å². The molecule has 2 aromatic carbocycles. The molecule has 2 aromatic rings. The minimum absolute atomic E-state index is 0.169. The number of anilines is 1. The zero-order valence-electron chi connectivity index (χ0n) is 13.5. The zero-order valence-corrected chi connectivity index (χ0v) is 13.5. The van der Waals surface area contributed by atoms with E-state index in [1.54, 1.807) is 25.1 Å². The van der Waals surface area contributed by atoms with E-state index >= 15 is 0 Å². The van der Waals surface area contributed by atoms with Gasteiger partial charge in [0.15, 0.2) is 0 Å². The number of nitrogens with one attached hydrogen (secondary N) is 1. The minimum Gasteiger partial charge on any atom is -0.478 e. The van der Waals surface area contributed by atoms with Crippen LogP contribution in [0.1, 0.15) is 39.9 Å². The highest BCUT2D eigenvalue weighted by atomic mass is 19.1. The Balaban J connectivity index is 1.89. The predicted octanol–water partition coefficient (Wildman–Crippen LogP) is 3.81. The molecular formula is C19H18FNO3. The second-order valence-corrected chi connectivity index (χ2v) is 6.33. The highest BCUT2D eigenvalue weighted by molar-refractivity contribution is 6.02. The molecule has 5 heteroatoms. The number of aromatic carboxylic acids is 1. The summed E-state index contributed by atoms with van der Waals surface area (Å²) >= 11 is 0. The summed E-state index contributed by atoms with van der Waals surface area (Å²) in [6.07, 6.45) is 1.39. The van der Waals surface area contributed by atoms with Gasteiger partial charge in [0.2, 0.25) is 5.91 Å². The van der Waals surface area contributed by atoms with Crippen LogP contribution in [0.4, 0.5) is 10.1 Å². The van der Waals surface area contributed by atoms with Crippen molar-refractivity contribution in [3.8, 4) is 0 Å². The molecule has 1 amide bonds. The van der Waals surface area contributed by atoms with Crippen LogP contribution in [0, 0.1) is 19.7 Å². The molecule has 24 heavy (non-hydrogen) atoms. The van der Waals surface area contributed by atoms with E-state index in [1.807, 2.05) is 6.92 Å². The number of carbonyl (C=O) groups excluding carboxylic acids is 1. The molecule has 2 N–H and O–H groups in total. The van der Waals surface area contributed by atoms with Crippen LogP contribution in [0.2, 0.25) is 0 Å². The average molecular weight is 327 g/mol. The second-order valence-electron chi connectivity index (χ2n) is 6.33. The molecule has 0 spiro atoms. The van der Waals surface area contributed by atoms with E-state index in [4.69, 9.17) is 0 Å². The van der Waals surface area contributed by atoms with E-state index in [2.05, 4.69) is 5.32 Å². The molecule has 4 nitrogen and oxygen atoms in total. The first-order chi connectivity index (χ1) is 11.3. The van der Waals surface area contributed by atoms with Crippen LogP contribution < -0.4 is 5.32 Å². The number of halogens is 1. The summed E-state index contributed by atoms with van der Waals surface area (Å²) in [7, 11) is 0. The molecule has 0 saturated heterocycles. The number of carboxylic acid groups (broad SMARTS) is 1. The maximum atomic E-state index is 13.1. The van der Waals surface area contributed by atoms with E-state index in [0.29, 0.717) is 24.1 Å². The maximum Gasteiger partial charge on any atom is 0.336 e. The molecule has 3 rings (SSSR count). The van der Waals surface area contributed by atoms with Crippen molar-refractivity contribution in [1.82, 2.24) is 0 Å². The summed E-state index contributed by atoms with van der Waals surface area (Å²) in [5.41, 5.74) is 2.26. The number of amides is 1. The van der Waals surface area contributed by atoms with Crippen molar-refractivity contribution in [3.63, 3.8) is 0 Å². The standard InChI is InChI=1S/C19H18FNO3/c1-11-9-12(2)16(10-15(11)17(22)23)21-18(24)19(7-8-19)13-3-5-14(20)6-4-13/h3-6,9-10H,7-8H2,1-2H3,(H,21,24)(H,22,23). The van der Waals surface area contributed by atoms with Crippen molar-refractivity contribution in [2.75, 3.05) is 5.32 Å². The summed E-state index contributed by atoms with van der Waals surface area (Å²) in [6.45, 7) is 3.55. The minimum atomic E-state index is -1.03. The van der Waals surface area contributed by atoms with Crippen LogP contribution in [0.15, 0.2) is 36.4 Å². The molecule has 0 aliphatic heterocycles. The molecular weight excluding hydrogens is 309 g/mol. The monoisotopic (exact) mass is 327 g/mol. The van der Waals surface area contributed by atoms with Gasteiger partial charge in [0.05, 0.1) is 11.0 Å². The molecule has 1 aliphatic carbocycles. The number of carboxylic acids is 1. The van der Waals surface area contributed by atoms with E-state index < -0.39 is 11.4 Å². The fourth-order valence-electron chi connectivity index (χ4n) is 3.00. The van der Waals surface area contributed by atoms with Crippen LogP contribution >= 0.6 is 0 Å². The Hall–Kier alpha value is -2.69. The third-order valence-corrected chi connectivity index (χ3v) is 4.63. The van der Waals surface area contributed by atoms with Crippen LogP contribution in [0.5, 0.6) is 0 Å². The zero-order chi connectivity index (χ0) is 17.5. The fourth-order valence-corrected chi connectivity index (χ4v) is 3.00. The molecule has 0 radical (unpaired) electrons. The Morgan fingerprint density at radius 1 is 1.08 bits per heavy atom. The Morgan fingerprint density at radius 3 is 2.25 bits per heavy atom. The second kappa shape index (κ2) is 5.74. The molecule has 0 unspecified atom stereocenters. The van der Waals surface area contributed by atoms with Gasteiger partial charge in [-0.1, -0.05) is 18.2 Å². The van der Waals surface area contributed by atoms with Gasteiger partial charge >= 0.3 is 5.97 Å². The van der Waals surface area contributed by atoms with E-state index in [1.165, 1.54) is 18.2 Å². The first-order valence-electron chi connectivity index (χ1n) is 7.75. The van der Waals surface area contributed by atoms with Gasteiger partial charge in [0.25, 0.3) is 0 Å². The number of rotatable bonds is 4. The Kier molecular flexibility index (Phi) is 3.87. The predicted molar refractivity (Wildman–Crippen MR) is 88.8 cm³/mol. The highest BCUT2D eigenvalue weighted by Crippen LogP contribution is 2.49. The molecule has 0 heterocycles. The molecule has 0 atom stereocenters. The first kappa shape index (κ1) is 16.2. The van der Waals surface area contributed by atoms with E-state index in [9.17, 15) is 19.1 Å². The van der Waals surface area contributed by atoms with Gasteiger partial charge < -0.3 is 10.4 Å². The molecule has 124 valence electrons. The summed E-state index contributed by atoms with van der Waals surface area (Å²) in [5, 5.41) is 12.1. The van der Waals surface area contributed by atoms with Gasteiger partial charge in [-0.25, -0.2) is 9.18 Å². The van der Waals surface area contributed by atoms with Crippen molar-refractivity contribution < 1.29 is 19.1 Å². The number of hydrogen-bond acceptors (Lipinski definition) is 2. The molecule has 1 aliphatic rings. The van der Waals surface area contributed by atoms with Gasteiger partial charge in [0.1, 0.15) is 5.82 Å². The lowest BCUT2D eigenvalue weighted by atomic mass is 9.94. The van der Waals surface area contributed by atoms with E-state index in [0.717, 1.165) is 11.1 Å². The lowest BCUT2D eigenvalue weighted by Gasteiger charge is -2.18. The topological polar surface area (TPSA) is 66.4 Å². The largest absolute Gasteiger partial charge is 0.478 e. The lowest BCUT2D eigenvalue weighted by Crippen LogP contribution is -2.28. The molecule has 1 saturated carbocycles. The molecule has 1 fully saturated rings. The lowest BCUT2D eigenvalue weighted by molar-refractivity contribution is -0.118. The van der Waals surface area contributed by atoms with Gasteiger partial charge in [-0.2, -0.15) is 0 Å². The first-order valence-corrected chi connectivity index (χ1v) is 7.75. The van der Waals surface area contributed by atoms with Crippen molar-refractivity contribution in [2.45, 2.75) is 32.1 Å². The molecule has 0 aromatic heterocycles. The van der Waals surface area contributed by atoms with Gasteiger partial charge in [-0.3, -0.25) is 4.79 Å². The number of carbonyl (C=O) groups is 2. The van der Waals surface area contributed by atoms with E-state index in [-0.39, 0.29) is 17.3 Å². The Morgan fingerprint density at radius 2 is 1.71 bits per heavy atom. The number of aryl methyl sites for hydroxylation is 2. The quantitative estimate of drug-likeness (QED) is 0.897. The molecule has 0 bridgehead atoms. The fraction of sp³-hybridized carbons (Fsp3) is 0.263. The van der Waals surface area contributed by atoms with Crippen molar-refractivity contribution >= 4 is 17.6 Å². The Bertz CT molecular complexity index is 823. The van der Waals surface area contributed by atoms with Crippen molar-refractivity contribution in [2.24, 2.45) is 0 Å². The third-order valence-electron chi connectivity index (χ3n) is 4.63. The maximum absolute atomic E-state index is 13.1. The summed E-state index contributed by atoms with van der Waals surface area (Å²) in [4.78, 5) is 24.0.